The Hall–Kier alpha value is -1.96. The molecule has 1 aliphatic heterocycles. The number of carbonyl (C=O) groups is 1. The van der Waals surface area contributed by atoms with Crippen LogP contribution < -0.4 is 16.2 Å². The molecule has 3 rings (SSSR count). The summed E-state index contributed by atoms with van der Waals surface area (Å²) in [4.78, 5) is 34.1. The van der Waals surface area contributed by atoms with Crippen molar-refractivity contribution < 1.29 is 4.79 Å². The summed E-state index contributed by atoms with van der Waals surface area (Å²) in [6, 6.07) is 0. The van der Waals surface area contributed by atoms with E-state index in [0.29, 0.717) is 16.3 Å². The van der Waals surface area contributed by atoms with Crippen LogP contribution >= 0.6 is 11.3 Å². The van der Waals surface area contributed by atoms with Crippen LogP contribution in [0.5, 0.6) is 0 Å². The van der Waals surface area contributed by atoms with E-state index in [-0.39, 0.29) is 12.1 Å². The summed E-state index contributed by atoms with van der Waals surface area (Å²) in [6.45, 7) is 3.97. The third-order valence-corrected chi connectivity index (χ3v) is 4.72. The highest BCUT2D eigenvalue weighted by Gasteiger charge is 2.21. The van der Waals surface area contributed by atoms with E-state index in [1.165, 1.54) is 28.7 Å². The van der Waals surface area contributed by atoms with Gasteiger partial charge in [-0.15, -0.1) is 0 Å². The van der Waals surface area contributed by atoms with Crippen LogP contribution in [0.25, 0.3) is 10.3 Å². The molecule has 8 heteroatoms. The molecule has 7 nitrogen and oxygen atoms in total. The number of nitrogens with zero attached hydrogens (tertiary/aromatic N) is 4. The molecule has 3 heterocycles. The van der Waals surface area contributed by atoms with Gasteiger partial charge in [0.15, 0.2) is 10.8 Å². The fourth-order valence-corrected chi connectivity index (χ4v) is 3.62. The molecule has 0 spiro atoms. The van der Waals surface area contributed by atoms with Crippen molar-refractivity contribution in [2.75, 3.05) is 18.0 Å². The van der Waals surface area contributed by atoms with Crippen molar-refractivity contribution in [3.8, 4) is 0 Å². The molecule has 0 bridgehead atoms. The number of amides is 1. The first kappa shape index (κ1) is 14.0. The molecule has 2 N–H and O–H groups in total. The molecule has 21 heavy (non-hydrogen) atoms. The third-order valence-electron chi connectivity index (χ3n) is 3.63. The largest absolute Gasteiger partial charge is 0.368 e. The predicted octanol–water partition coefficient (Wildman–Crippen LogP) is 0.575. The fraction of sp³-hybridized carbons (Fsp3) is 0.538. The van der Waals surface area contributed by atoms with E-state index < -0.39 is 5.91 Å². The second-order valence-corrected chi connectivity index (χ2v) is 6.46. The number of anilines is 1. The summed E-state index contributed by atoms with van der Waals surface area (Å²) in [7, 11) is 0. The van der Waals surface area contributed by atoms with Crippen molar-refractivity contribution in [2.45, 2.75) is 26.3 Å². The Kier molecular flexibility index (Phi) is 3.62. The van der Waals surface area contributed by atoms with Gasteiger partial charge < -0.3 is 10.6 Å². The van der Waals surface area contributed by atoms with Gasteiger partial charge in [0.05, 0.1) is 0 Å². The molecule has 0 radical (unpaired) electrons. The smallest absolute Gasteiger partial charge is 0.273 e. The van der Waals surface area contributed by atoms with Gasteiger partial charge in [0.2, 0.25) is 5.91 Å². The van der Waals surface area contributed by atoms with E-state index in [0.717, 1.165) is 24.6 Å². The van der Waals surface area contributed by atoms with E-state index in [2.05, 4.69) is 21.8 Å². The number of nitrogens with two attached hydrogens (primary N) is 1. The number of hydrogen-bond donors (Lipinski definition) is 1. The molecule has 0 aromatic carbocycles. The minimum atomic E-state index is -0.562. The number of thiazole rings is 1. The molecule has 1 unspecified atom stereocenters. The molecule has 1 atom stereocenters. The average molecular weight is 307 g/mol. The molecule has 1 saturated heterocycles. The van der Waals surface area contributed by atoms with Crippen LogP contribution in [-0.4, -0.2) is 33.5 Å². The van der Waals surface area contributed by atoms with Crippen molar-refractivity contribution in [1.29, 1.82) is 0 Å². The highest BCUT2D eigenvalue weighted by molar-refractivity contribution is 7.22. The molecule has 1 aliphatic rings. The minimum Gasteiger partial charge on any atom is -0.368 e. The molecular formula is C13H17N5O2S. The van der Waals surface area contributed by atoms with Gasteiger partial charge in [-0.05, 0) is 18.8 Å². The lowest BCUT2D eigenvalue weighted by Crippen LogP contribution is -2.34. The molecule has 1 fully saturated rings. The SMILES string of the molecule is CC1CCCN(c2nc3ncn(CC(N)=O)c(=O)c3s2)C1. The predicted molar refractivity (Wildman–Crippen MR) is 81.5 cm³/mol. The van der Waals surface area contributed by atoms with Crippen molar-refractivity contribution in [3.05, 3.63) is 16.7 Å². The zero-order valence-corrected chi connectivity index (χ0v) is 12.6. The zero-order valence-electron chi connectivity index (χ0n) is 11.8. The van der Waals surface area contributed by atoms with E-state index in [4.69, 9.17) is 5.73 Å². The normalized spacial score (nSPS) is 19.1. The number of fused-ring (bicyclic) bond motifs is 1. The van der Waals surface area contributed by atoms with Crippen molar-refractivity contribution >= 4 is 32.7 Å². The minimum absolute atomic E-state index is 0.157. The van der Waals surface area contributed by atoms with Gasteiger partial charge in [0.1, 0.15) is 17.6 Å². The van der Waals surface area contributed by atoms with Gasteiger partial charge in [-0.1, -0.05) is 18.3 Å². The number of rotatable bonds is 3. The number of piperidine rings is 1. The van der Waals surface area contributed by atoms with Crippen LogP contribution in [0.1, 0.15) is 19.8 Å². The second-order valence-electron chi connectivity index (χ2n) is 5.49. The Balaban J connectivity index is 1.98. The van der Waals surface area contributed by atoms with Gasteiger partial charge in [0.25, 0.3) is 5.56 Å². The first-order valence-corrected chi connectivity index (χ1v) is 7.75. The quantitative estimate of drug-likeness (QED) is 0.895. The van der Waals surface area contributed by atoms with E-state index in [1.54, 1.807) is 0 Å². The van der Waals surface area contributed by atoms with Gasteiger partial charge in [-0.25, -0.2) is 4.98 Å². The maximum Gasteiger partial charge on any atom is 0.273 e. The topological polar surface area (TPSA) is 94.1 Å². The van der Waals surface area contributed by atoms with Crippen LogP contribution in [0.4, 0.5) is 5.13 Å². The van der Waals surface area contributed by atoms with Crippen molar-refractivity contribution in [2.24, 2.45) is 11.7 Å². The molecule has 112 valence electrons. The van der Waals surface area contributed by atoms with E-state index in [9.17, 15) is 9.59 Å². The zero-order chi connectivity index (χ0) is 15.0. The molecule has 1 amide bonds. The fourth-order valence-electron chi connectivity index (χ4n) is 2.61. The average Bonchev–Trinajstić information content (AvgIpc) is 2.86. The Morgan fingerprint density at radius 3 is 3.10 bits per heavy atom. The third kappa shape index (κ3) is 2.76. The molecule has 2 aromatic rings. The lowest BCUT2D eigenvalue weighted by molar-refractivity contribution is -0.118. The van der Waals surface area contributed by atoms with Crippen LogP contribution in [0, 0.1) is 5.92 Å². The Morgan fingerprint density at radius 1 is 1.57 bits per heavy atom. The summed E-state index contributed by atoms with van der Waals surface area (Å²) >= 11 is 1.34. The number of aromatic nitrogens is 3. The van der Waals surface area contributed by atoms with Crippen LogP contribution in [0.3, 0.4) is 0 Å². The van der Waals surface area contributed by atoms with Gasteiger partial charge >= 0.3 is 0 Å². The number of hydrogen-bond acceptors (Lipinski definition) is 6. The molecule has 0 saturated carbocycles. The second kappa shape index (κ2) is 5.44. The lowest BCUT2D eigenvalue weighted by Gasteiger charge is -2.30. The summed E-state index contributed by atoms with van der Waals surface area (Å²) in [6.07, 6.45) is 3.69. The molecule has 0 aliphatic carbocycles. The van der Waals surface area contributed by atoms with Gasteiger partial charge in [-0.2, -0.15) is 4.98 Å². The summed E-state index contributed by atoms with van der Waals surface area (Å²) < 4.78 is 1.71. The van der Waals surface area contributed by atoms with Crippen molar-refractivity contribution in [3.63, 3.8) is 0 Å². The highest BCUT2D eigenvalue weighted by atomic mass is 32.1. The van der Waals surface area contributed by atoms with Crippen LogP contribution in [-0.2, 0) is 11.3 Å². The van der Waals surface area contributed by atoms with Gasteiger partial charge in [0, 0.05) is 13.1 Å². The Bertz CT molecular complexity index is 738. The Labute approximate surface area is 125 Å². The maximum atomic E-state index is 12.3. The monoisotopic (exact) mass is 307 g/mol. The molecule has 2 aromatic heterocycles. The first-order chi connectivity index (χ1) is 10.0. The summed E-state index contributed by atoms with van der Waals surface area (Å²) in [5.74, 6) is 0.0677. The summed E-state index contributed by atoms with van der Waals surface area (Å²) in [5.41, 5.74) is 5.31. The van der Waals surface area contributed by atoms with E-state index >= 15 is 0 Å². The van der Waals surface area contributed by atoms with Crippen molar-refractivity contribution in [1.82, 2.24) is 14.5 Å². The Morgan fingerprint density at radius 2 is 2.38 bits per heavy atom. The first-order valence-electron chi connectivity index (χ1n) is 6.94. The highest BCUT2D eigenvalue weighted by Crippen LogP contribution is 2.28. The maximum absolute atomic E-state index is 12.3. The van der Waals surface area contributed by atoms with E-state index in [1.807, 2.05) is 0 Å². The molecular weight excluding hydrogens is 290 g/mol. The lowest BCUT2D eigenvalue weighted by atomic mass is 10.0. The summed E-state index contributed by atoms with van der Waals surface area (Å²) in [5, 5.41) is 0.831. The standard InChI is InChI=1S/C13H17N5O2S/c1-8-3-2-4-17(5-8)13-16-11-10(21-13)12(20)18(7-15-11)6-9(14)19/h7-8H,2-6H2,1H3,(H2,14,19). The van der Waals surface area contributed by atoms with Crippen LogP contribution in [0.2, 0.25) is 0 Å². The van der Waals surface area contributed by atoms with Crippen LogP contribution in [0.15, 0.2) is 11.1 Å². The van der Waals surface area contributed by atoms with Gasteiger partial charge in [-0.3, -0.25) is 14.2 Å². The number of carbonyl (C=O) groups excluding carboxylic acids is 1. The number of primary amides is 1.